The van der Waals surface area contributed by atoms with E-state index in [9.17, 15) is 0 Å². The molecule has 0 heterocycles. The van der Waals surface area contributed by atoms with Crippen molar-refractivity contribution in [3.05, 3.63) is 140 Å². The number of hydrogen-bond donors (Lipinski definition) is 1. The third-order valence-corrected chi connectivity index (χ3v) is 8.14. The summed E-state index contributed by atoms with van der Waals surface area (Å²) in [6.07, 6.45) is 0. The van der Waals surface area contributed by atoms with E-state index < -0.39 is 0 Å². The third-order valence-electron chi connectivity index (χ3n) is 8.14. The molecule has 0 unspecified atom stereocenters. The quantitative estimate of drug-likeness (QED) is 0.242. The van der Waals surface area contributed by atoms with Crippen molar-refractivity contribution in [2.75, 3.05) is 5.73 Å². The Bertz CT molecular complexity index is 1940. The Morgan fingerprint density at radius 3 is 1.38 bits per heavy atom. The van der Waals surface area contributed by atoms with E-state index in [1.54, 1.807) is 0 Å². The average molecular weight is 496 g/mol. The van der Waals surface area contributed by atoms with Crippen molar-refractivity contribution in [1.82, 2.24) is 0 Å². The standard InChI is InChI=1S/C38H25N/c39-27-20-18-24(19-21-27)28-22-23-33-36-29(28)16-9-17-32(36)37-34(25-10-3-1-4-11-25)30-14-7-8-15-31(30)35(38(33)37)26-12-5-2-6-13-26/h1-23H,39H2. The fraction of sp³-hybridized carbons (Fsp3) is 0. The topological polar surface area (TPSA) is 26.0 Å². The van der Waals surface area contributed by atoms with Crippen molar-refractivity contribution in [2.45, 2.75) is 0 Å². The SMILES string of the molecule is Nc1ccc(-c2ccc3c4c(cccc24)-c2c-3c(-c3ccccc3)c3ccccc3c2-c2ccccc2)cc1. The first-order valence-corrected chi connectivity index (χ1v) is 13.4. The van der Waals surface area contributed by atoms with E-state index in [1.807, 2.05) is 12.1 Å². The highest BCUT2D eigenvalue weighted by molar-refractivity contribution is 6.28. The van der Waals surface area contributed by atoms with E-state index >= 15 is 0 Å². The van der Waals surface area contributed by atoms with Gasteiger partial charge >= 0.3 is 0 Å². The fourth-order valence-corrected chi connectivity index (χ4v) is 6.52. The zero-order chi connectivity index (χ0) is 25.9. The Kier molecular flexibility index (Phi) is 4.74. The number of nitrogen functional groups attached to an aromatic ring is 1. The molecule has 1 nitrogen and oxygen atoms in total. The van der Waals surface area contributed by atoms with Gasteiger partial charge < -0.3 is 5.73 Å². The van der Waals surface area contributed by atoms with Crippen LogP contribution in [0, 0.1) is 0 Å². The Morgan fingerprint density at radius 1 is 0.308 bits per heavy atom. The maximum atomic E-state index is 6.03. The molecule has 7 aromatic carbocycles. The second kappa shape index (κ2) is 8.44. The Morgan fingerprint density at radius 2 is 0.795 bits per heavy atom. The van der Waals surface area contributed by atoms with Crippen molar-refractivity contribution in [1.29, 1.82) is 0 Å². The molecular formula is C38H25N. The summed E-state index contributed by atoms with van der Waals surface area (Å²) in [5, 5.41) is 5.16. The molecule has 0 aliphatic heterocycles. The molecule has 0 radical (unpaired) electrons. The molecule has 1 aliphatic carbocycles. The largest absolute Gasteiger partial charge is 0.399 e. The van der Waals surface area contributed by atoms with Crippen LogP contribution in [0.25, 0.3) is 77.2 Å². The summed E-state index contributed by atoms with van der Waals surface area (Å²) < 4.78 is 0. The van der Waals surface area contributed by atoms with Gasteiger partial charge in [0.25, 0.3) is 0 Å². The van der Waals surface area contributed by atoms with Crippen LogP contribution in [0.1, 0.15) is 0 Å². The molecule has 0 saturated carbocycles. The summed E-state index contributed by atoms with van der Waals surface area (Å²) in [6.45, 7) is 0. The number of hydrogen-bond acceptors (Lipinski definition) is 1. The minimum Gasteiger partial charge on any atom is -0.399 e. The van der Waals surface area contributed by atoms with Gasteiger partial charge in [0, 0.05) is 5.69 Å². The van der Waals surface area contributed by atoms with Gasteiger partial charge in [0.15, 0.2) is 0 Å². The Labute approximate surface area is 227 Å². The molecule has 0 fully saturated rings. The predicted octanol–water partition coefficient (Wildman–Crippen LogP) is 10.2. The average Bonchev–Trinajstić information content (AvgIpc) is 3.32. The minimum absolute atomic E-state index is 0.781. The summed E-state index contributed by atoms with van der Waals surface area (Å²) in [5.41, 5.74) is 19.6. The number of benzene rings is 7. The number of anilines is 1. The highest BCUT2D eigenvalue weighted by atomic mass is 14.5. The van der Waals surface area contributed by atoms with Crippen LogP contribution < -0.4 is 5.73 Å². The van der Waals surface area contributed by atoms with E-state index in [4.69, 9.17) is 5.73 Å². The number of nitrogens with two attached hydrogens (primary N) is 1. The molecule has 0 amide bonds. The lowest BCUT2D eigenvalue weighted by Gasteiger charge is -2.20. The van der Waals surface area contributed by atoms with Gasteiger partial charge in [-0.15, -0.1) is 0 Å². The van der Waals surface area contributed by atoms with Crippen molar-refractivity contribution in [3.63, 3.8) is 0 Å². The summed E-state index contributed by atoms with van der Waals surface area (Å²) >= 11 is 0. The van der Waals surface area contributed by atoms with E-state index in [2.05, 4.69) is 127 Å². The van der Waals surface area contributed by atoms with E-state index in [0.29, 0.717) is 0 Å². The van der Waals surface area contributed by atoms with Gasteiger partial charge in [-0.2, -0.15) is 0 Å². The van der Waals surface area contributed by atoms with Crippen LogP contribution in [-0.4, -0.2) is 0 Å². The van der Waals surface area contributed by atoms with Crippen LogP contribution in [-0.2, 0) is 0 Å². The Balaban J connectivity index is 1.57. The second-order valence-electron chi connectivity index (χ2n) is 10.3. The molecule has 0 aromatic heterocycles. The van der Waals surface area contributed by atoms with Crippen molar-refractivity contribution in [3.8, 4) is 55.6 Å². The van der Waals surface area contributed by atoms with Gasteiger partial charge in [0.1, 0.15) is 0 Å². The van der Waals surface area contributed by atoms with Crippen molar-refractivity contribution < 1.29 is 0 Å². The molecular weight excluding hydrogens is 470 g/mol. The summed E-state index contributed by atoms with van der Waals surface area (Å²) in [7, 11) is 0. The van der Waals surface area contributed by atoms with Gasteiger partial charge in [0.05, 0.1) is 0 Å². The van der Waals surface area contributed by atoms with Gasteiger partial charge in [-0.05, 0) is 89.3 Å². The van der Waals surface area contributed by atoms with Crippen LogP contribution >= 0.6 is 0 Å². The summed E-state index contributed by atoms with van der Waals surface area (Å²) in [5.74, 6) is 0. The molecule has 182 valence electrons. The first kappa shape index (κ1) is 21.9. The van der Waals surface area contributed by atoms with Gasteiger partial charge in [0.2, 0.25) is 0 Å². The van der Waals surface area contributed by atoms with E-state index in [-0.39, 0.29) is 0 Å². The lowest BCUT2D eigenvalue weighted by atomic mass is 9.82. The first-order chi connectivity index (χ1) is 19.3. The molecule has 1 heteroatoms. The molecule has 0 bridgehead atoms. The number of fused-ring (bicyclic) bond motifs is 4. The summed E-state index contributed by atoms with van der Waals surface area (Å²) in [4.78, 5) is 0. The first-order valence-electron chi connectivity index (χ1n) is 13.4. The van der Waals surface area contributed by atoms with E-state index in [1.165, 1.54) is 77.2 Å². The highest BCUT2D eigenvalue weighted by Gasteiger charge is 2.30. The predicted molar refractivity (Wildman–Crippen MR) is 167 cm³/mol. The van der Waals surface area contributed by atoms with Crippen LogP contribution in [0.2, 0.25) is 0 Å². The Hall–Kier alpha value is -5.14. The summed E-state index contributed by atoms with van der Waals surface area (Å²) in [6, 6.07) is 50.3. The maximum absolute atomic E-state index is 6.03. The molecule has 2 N–H and O–H groups in total. The molecule has 8 rings (SSSR count). The molecule has 0 spiro atoms. The minimum atomic E-state index is 0.781. The highest BCUT2D eigenvalue weighted by Crippen LogP contribution is 2.58. The molecule has 7 aromatic rings. The molecule has 39 heavy (non-hydrogen) atoms. The lowest BCUT2D eigenvalue weighted by Crippen LogP contribution is -1.93. The van der Waals surface area contributed by atoms with Gasteiger partial charge in [-0.25, -0.2) is 0 Å². The molecule has 0 saturated heterocycles. The maximum Gasteiger partial charge on any atom is 0.0314 e. The normalized spacial score (nSPS) is 11.7. The van der Waals surface area contributed by atoms with Crippen LogP contribution in [0.4, 0.5) is 5.69 Å². The van der Waals surface area contributed by atoms with E-state index in [0.717, 1.165) is 5.69 Å². The third kappa shape index (κ3) is 3.20. The van der Waals surface area contributed by atoms with Gasteiger partial charge in [-0.3, -0.25) is 0 Å². The van der Waals surface area contributed by atoms with Crippen LogP contribution in [0.15, 0.2) is 140 Å². The smallest absolute Gasteiger partial charge is 0.0314 e. The van der Waals surface area contributed by atoms with Crippen LogP contribution in [0.3, 0.4) is 0 Å². The van der Waals surface area contributed by atoms with Crippen LogP contribution in [0.5, 0.6) is 0 Å². The zero-order valence-electron chi connectivity index (χ0n) is 21.4. The van der Waals surface area contributed by atoms with Crippen molar-refractivity contribution in [2.24, 2.45) is 0 Å². The number of rotatable bonds is 3. The lowest BCUT2D eigenvalue weighted by molar-refractivity contribution is 1.62. The molecule has 1 aliphatic rings. The monoisotopic (exact) mass is 495 g/mol. The zero-order valence-corrected chi connectivity index (χ0v) is 21.4. The van der Waals surface area contributed by atoms with Crippen molar-refractivity contribution >= 4 is 27.2 Å². The van der Waals surface area contributed by atoms with Gasteiger partial charge in [-0.1, -0.05) is 127 Å². The second-order valence-corrected chi connectivity index (χ2v) is 10.3. The molecule has 0 atom stereocenters. The fourth-order valence-electron chi connectivity index (χ4n) is 6.52.